The quantitative estimate of drug-likeness (QED) is 0.0178. The zero-order valence-electron chi connectivity index (χ0n) is 53.2. The first-order valence-corrected chi connectivity index (χ1v) is 32.5. The molecule has 0 radical (unpaired) electrons. The lowest BCUT2D eigenvalue weighted by Gasteiger charge is -2.58. The topological polar surface area (TPSA) is 403 Å². The van der Waals surface area contributed by atoms with Crippen molar-refractivity contribution >= 4 is 54.1 Å². The van der Waals surface area contributed by atoms with Crippen LogP contribution in [0.2, 0.25) is 0 Å². The van der Waals surface area contributed by atoms with E-state index in [1.807, 2.05) is 6.92 Å². The van der Waals surface area contributed by atoms with Crippen molar-refractivity contribution in [2.45, 2.75) is 201 Å². The molecule has 4 rings (SSSR count). The molecule has 85 heavy (non-hydrogen) atoms. The van der Waals surface area contributed by atoms with Crippen LogP contribution in [0.3, 0.4) is 0 Å². The van der Waals surface area contributed by atoms with Crippen LogP contribution in [0.1, 0.15) is 176 Å². The first-order chi connectivity index (χ1) is 40.4. The molecule has 23 nitrogen and oxygen atoms in total. The first kappa shape index (κ1) is 72.2. The number of hydrogen-bond donors (Lipinski definition) is 13. The number of aliphatic imine (C=N–C) groups is 3. The van der Waals surface area contributed by atoms with Gasteiger partial charge in [0.2, 0.25) is 17.7 Å². The number of amides is 4. The fourth-order valence-corrected chi connectivity index (χ4v) is 14.5. The summed E-state index contributed by atoms with van der Waals surface area (Å²) in [5, 5.41) is 22.8. The van der Waals surface area contributed by atoms with E-state index in [0.717, 1.165) is 81.3 Å². The van der Waals surface area contributed by atoms with Gasteiger partial charge in [-0.3, -0.25) is 41.7 Å². The smallest absolute Gasteiger partial charge is 0.407 e. The minimum absolute atomic E-state index is 0.00798. The fraction of sp³-hybridized carbons (Fsp3) is 0.823. The van der Waals surface area contributed by atoms with E-state index in [-0.39, 0.29) is 59.1 Å². The molecule has 3 fully saturated rings. The third-order valence-electron chi connectivity index (χ3n) is 19.4. The highest BCUT2D eigenvalue weighted by Gasteiger charge is 2.59. The van der Waals surface area contributed by atoms with E-state index >= 15 is 0 Å². The standard InChI is InChI=1S/C62H116N18O5/c1-42(2)15-7-16-43(3)48-21-22-49-47-20-19-45-41-46(23-26-61(45,5)50(47)24-27-62(48,49)6)85-60(84)78-33-13-38-80(36-11-31-73-55(82)52(64)18-9-29-76-58(68)69)40-14-39-79(35-10-30-72-54(81)51(63)17-8-28-75-57(66)67)37-12-32-74-56(83)53(65)44(4)25-34-77-59(70)71/h19,28,34,42-44,46-53H,7-18,20-27,29-33,35-41,63-65H2,1-6H3,(H3,66,67)(H3,70,71)(H,72,81)(H,73,82)(H,74,83)(H,78,84)(H4,68,69,76)/p+2. The van der Waals surface area contributed by atoms with Crippen LogP contribution in [0.4, 0.5) is 4.79 Å². The van der Waals surface area contributed by atoms with Crippen LogP contribution in [0, 0.1) is 52.3 Å². The van der Waals surface area contributed by atoms with Gasteiger partial charge in [0, 0.05) is 52.0 Å². The van der Waals surface area contributed by atoms with Gasteiger partial charge in [-0.15, -0.1) is 0 Å². The Morgan fingerprint density at radius 1 is 0.671 bits per heavy atom. The Hall–Kier alpha value is -5.23. The van der Waals surface area contributed by atoms with Crippen molar-refractivity contribution in [3.8, 4) is 0 Å². The molecule has 23 heteroatoms. The Labute approximate surface area is 509 Å². The molecule has 484 valence electrons. The Bertz CT molecular complexity index is 2210. The average molecular weight is 1200 g/mol. The third kappa shape index (κ3) is 24.8. The van der Waals surface area contributed by atoms with Gasteiger partial charge in [0.05, 0.1) is 30.6 Å². The number of nitrogens with two attached hydrogens (primary N) is 9. The summed E-state index contributed by atoms with van der Waals surface area (Å²) in [5.41, 5.74) is 42.5. The number of ether oxygens (including phenoxy) is 1. The number of fused-ring (bicyclic) bond motifs is 5. The molecule has 22 N–H and O–H groups in total. The molecule has 3 saturated carbocycles. The first-order valence-electron chi connectivity index (χ1n) is 32.5. The maximum Gasteiger partial charge on any atom is 0.407 e. The number of carbonyl (C=O) groups is 4. The van der Waals surface area contributed by atoms with E-state index in [1.165, 1.54) is 50.5 Å². The van der Waals surface area contributed by atoms with Crippen molar-refractivity contribution in [1.29, 1.82) is 0 Å². The van der Waals surface area contributed by atoms with Gasteiger partial charge in [-0.1, -0.05) is 82.4 Å². The second-order valence-electron chi connectivity index (χ2n) is 26.3. The zero-order valence-corrected chi connectivity index (χ0v) is 53.2. The molecule has 0 heterocycles. The molecule has 0 aromatic heterocycles. The van der Waals surface area contributed by atoms with Crippen LogP contribution in [-0.2, 0) is 19.1 Å². The molecule has 0 aromatic rings. The lowest BCUT2D eigenvalue weighted by molar-refractivity contribution is -0.123. The summed E-state index contributed by atoms with van der Waals surface area (Å²) in [4.78, 5) is 68.5. The average Bonchev–Trinajstić information content (AvgIpc) is 1.92. The lowest BCUT2D eigenvalue weighted by Crippen LogP contribution is -2.51. The van der Waals surface area contributed by atoms with Crippen molar-refractivity contribution in [2.75, 3.05) is 72.0 Å². The summed E-state index contributed by atoms with van der Waals surface area (Å²) < 4.78 is 6.18. The number of nitrogens with zero attached hydrogens (tertiary/aromatic N) is 5. The molecule has 0 aromatic carbocycles. The van der Waals surface area contributed by atoms with Gasteiger partial charge in [-0.05, 0) is 188 Å². The molecular formula is C62H118N18O5+2. The molecule has 12 unspecified atom stereocenters. The SMILES string of the molecule is CC(C)CCCC(C)C1CCC2C3CC=C4CC(OC(=O)NCCCN(CCCNC(=O)C(N)CCCN=C(N)N)CCCN(CCCNC(=O)C(N)CCC=NC(N)=[NH2+])CCCNC(=O)C(N)C(C)CC=NC(N)=[NH2+])CCC4(C)C3CCC12C. The molecule has 0 saturated heterocycles. The Morgan fingerprint density at radius 2 is 1.24 bits per heavy atom. The highest BCUT2D eigenvalue weighted by atomic mass is 16.6. The predicted octanol–water partition coefficient (Wildman–Crippen LogP) is 1.16. The second kappa shape index (κ2) is 37.5. The molecular weight excluding hydrogens is 1080 g/mol. The molecule has 12 atom stereocenters. The summed E-state index contributed by atoms with van der Waals surface area (Å²) in [5.74, 6) is 3.71. The van der Waals surface area contributed by atoms with Gasteiger partial charge < -0.3 is 64.5 Å². The van der Waals surface area contributed by atoms with Crippen LogP contribution in [0.25, 0.3) is 0 Å². The highest BCUT2D eigenvalue weighted by molar-refractivity contribution is 5.85. The van der Waals surface area contributed by atoms with Crippen LogP contribution in [0.5, 0.6) is 0 Å². The lowest BCUT2D eigenvalue weighted by atomic mass is 9.47. The van der Waals surface area contributed by atoms with E-state index < -0.39 is 18.1 Å². The normalized spacial score (nSPS) is 24.6. The van der Waals surface area contributed by atoms with E-state index in [1.54, 1.807) is 12.4 Å². The Kier molecular flexibility index (Phi) is 31.8. The second-order valence-corrected chi connectivity index (χ2v) is 26.3. The summed E-state index contributed by atoms with van der Waals surface area (Å²) in [7, 11) is 0. The summed E-state index contributed by atoms with van der Waals surface area (Å²) in [6.45, 7) is 20.8. The zero-order chi connectivity index (χ0) is 62.5. The van der Waals surface area contributed by atoms with Crippen molar-refractivity contribution in [2.24, 2.45) is 107 Å². The largest absolute Gasteiger partial charge is 0.446 e. The summed E-state index contributed by atoms with van der Waals surface area (Å²) in [6, 6.07) is -2.10. The van der Waals surface area contributed by atoms with Crippen molar-refractivity contribution in [3.05, 3.63) is 11.6 Å². The number of carbonyl (C=O) groups excluding carboxylic acids is 4. The van der Waals surface area contributed by atoms with Gasteiger partial charge in [0.15, 0.2) is 5.96 Å². The van der Waals surface area contributed by atoms with E-state index in [2.05, 4.69) is 86.7 Å². The summed E-state index contributed by atoms with van der Waals surface area (Å²) in [6.07, 6.45) is 24.6. The molecule has 4 aliphatic rings. The summed E-state index contributed by atoms with van der Waals surface area (Å²) >= 11 is 0. The van der Waals surface area contributed by atoms with Gasteiger partial charge in [-0.2, -0.15) is 0 Å². The Balaban J connectivity index is 1.32. The number of allylic oxidation sites excluding steroid dienone is 1. The van der Waals surface area contributed by atoms with Crippen LogP contribution < -0.4 is 72.2 Å². The maximum atomic E-state index is 13.5. The fourth-order valence-electron chi connectivity index (χ4n) is 14.5. The Morgan fingerprint density at radius 3 is 1.82 bits per heavy atom. The molecule has 4 amide bonds. The van der Waals surface area contributed by atoms with Crippen LogP contribution in [-0.4, -0.2) is 160 Å². The van der Waals surface area contributed by atoms with Crippen molar-refractivity contribution in [1.82, 2.24) is 31.1 Å². The highest BCUT2D eigenvalue weighted by Crippen LogP contribution is 2.67. The van der Waals surface area contributed by atoms with E-state index in [9.17, 15) is 19.2 Å². The molecule has 0 spiro atoms. The molecule has 4 aliphatic carbocycles. The van der Waals surface area contributed by atoms with Crippen molar-refractivity contribution in [3.63, 3.8) is 0 Å². The molecule has 0 aliphatic heterocycles. The number of guanidine groups is 3. The minimum atomic E-state index is -0.733. The number of alkyl carbamates (subject to hydrolysis) is 1. The van der Waals surface area contributed by atoms with E-state index in [0.29, 0.717) is 121 Å². The van der Waals surface area contributed by atoms with Crippen LogP contribution in [0.15, 0.2) is 26.6 Å². The maximum absolute atomic E-state index is 13.5. The predicted molar refractivity (Wildman–Crippen MR) is 342 cm³/mol. The van der Waals surface area contributed by atoms with Gasteiger partial charge in [0.25, 0.3) is 0 Å². The molecule has 0 bridgehead atoms. The van der Waals surface area contributed by atoms with Gasteiger partial charge in [-0.25, -0.2) is 4.79 Å². The van der Waals surface area contributed by atoms with Crippen molar-refractivity contribution < 1.29 is 34.7 Å². The van der Waals surface area contributed by atoms with Crippen LogP contribution >= 0.6 is 0 Å². The minimum Gasteiger partial charge on any atom is -0.446 e. The monoisotopic (exact) mass is 1190 g/mol. The third-order valence-corrected chi connectivity index (χ3v) is 19.4. The number of nitrogens with one attached hydrogen (secondary N) is 4. The van der Waals surface area contributed by atoms with E-state index in [4.69, 9.17) is 55.7 Å². The van der Waals surface area contributed by atoms with Gasteiger partial charge in [0.1, 0.15) is 6.10 Å². The number of rotatable bonds is 39. The van der Waals surface area contributed by atoms with Gasteiger partial charge >= 0.3 is 18.0 Å². The number of hydrogen-bond acceptors (Lipinski definition) is 11.